The molecule has 2 aliphatic heterocycles. The van der Waals surface area contributed by atoms with Gasteiger partial charge in [0.05, 0.1) is 5.02 Å². The van der Waals surface area contributed by atoms with Crippen LogP contribution in [0.5, 0.6) is 0 Å². The average molecular weight is 297 g/mol. The van der Waals surface area contributed by atoms with Crippen molar-refractivity contribution in [3.63, 3.8) is 0 Å². The Labute approximate surface area is 125 Å². The Bertz CT molecular complexity index is 452. The molecule has 2 fully saturated rings. The van der Waals surface area contributed by atoms with Gasteiger partial charge in [-0.25, -0.2) is 4.39 Å². The van der Waals surface area contributed by atoms with Crippen LogP contribution in [0.1, 0.15) is 31.2 Å². The molecule has 0 aromatic heterocycles. The molecule has 1 aromatic carbocycles. The van der Waals surface area contributed by atoms with Gasteiger partial charge < -0.3 is 5.32 Å². The highest BCUT2D eigenvalue weighted by Gasteiger charge is 2.28. The summed E-state index contributed by atoms with van der Waals surface area (Å²) < 4.78 is 13.1. The van der Waals surface area contributed by atoms with Crippen LogP contribution in [0.3, 0.4) is 0 Å². The molecule has 0 spiro atoms. The molecule has 0 radical (unpaired) electrons. The first-order valence-electron chi connectivity index (χ1n) is 7.62. The molecule has 1 aromatic rings. The standard InChI is InChI=1S/C16H22ClFN2/c17-14-10-12(3-4-15(14)18)11-20-8-5-13(6-9-20)16-2-1-7-19-16/h3-4,10,13,16,19H,1-2,5-9,11H2. The Hall–Kier alpha value is -0.640. The second-order valence-corrected chi connectivity index (χ2v) is 6.47. The van der Waals surface area contributed by atoms with Crippen molar-refractivity contribution in [2.75, 3.05) is 19.6 Å². The van der Waals surface area contributed by atoms with Gasteiger partial charge in [0.1, 0.15) is 5.82 Å². The van der Waals surface area contributed by atoms with Crippen LogP contribution in [-0.4, -0.2) is 30.6 Å². The molecule has 2 heterocycles. The first-order valence-corrected chi connectivity index (χ1v) is 8.00. The number of halogens is 2. The lowest BCUT2D eigenvalue weighted by Crippen LogP contribution is -2.40. The van der Waals surface area contributed by atoms with Crippen LogP contribution < -0.4 is 5.32 Å². The molecular formula is C16H22ClFN2. The van der Waals surface area contributed by atoms with Crippen LogP contribution in [0.15, 0.2) is 18.2 Å². The van der Waals surface area contributed by atoms with Gasteiger partial charge in [-0.3, -0.25) is 4.90 Å². The molecule has 110 valence electrons. The van der Waals surface area contributed by atoms with E-state index in [0.29, 0.717) is 0 Å². The second-order valence-electron chi connectivity index (χ2n) is 6.06. The van der Waals surface area contributed by atoms with E-state index >= 15 is 0 Å². The minimum Gasteiger partial charge on any atom is -0.314 e. The summed E-state index contributed by atoms with van der Waals surface area (Å²) in [6.07, 6.45) is 5.22. The molecule has 2 saturated heterocycles. The maximum absolute atomic E-state index is 13.1. The van der Waals surface area contributed by atoms with Crippen molar-refractivity contribution in [3.8, 4) is 0 Å². The van der Waals surface area contributed by atoms with Crippen LogP contribution in [0.25, 0.3) is 0 Å². The summed E-state index contributed by atoms with van der Waals surface area (Å²) in [7, 11) is 0. The van der Waals surface area contributed by atoms with E-state index in [0.717, 1.165) is 37.2 Å². The van der Waals surface area contributed by atoms with Gasteiger partial charge in [0, 0.05) is 12.6 Å². The van der Waals surface area contributed by atoms with Crippen molar-refractivity contribution in [3.05, 3.63) is 34.6 Å². The number of hydrogen-bond donors (Lipinski definition) is 1. The monoisotopic (exact) mass is 296 g/mol. The lowest BCUT2D eigenvalue weighted by molar-refractivity contribution is 0.157. The normalized spacial score (nSPS) is 25.2. The smallest absolute Gasteiger partial charge is 0.141 e. The summed E-state index contributed by atoms with van der Waals surface area (Å²) >= 11 is 5.84. The number of piperidine rings is 1. The largest absolute Gasteiger partial charge is 0.314 e. The highest BCUT2D eigenvalue weighted by Crippen LogP contribution is 2.26. The first-order chi connectivity index (χ1) is 9.72. The van der Waals surface area contributed by atoms with Crippen molar-refractivity contribution >= 4 is 11.6 Å². The summed E-state index contributed by atoms with van der Waals surface area (Å²) in [5.41, 5.74) is 1.11. The average Bonchev–Trinajstić information content (AvgIpc) is 2.98. The maximum Gasteiger partial charge on any atom is 0.141 e. The fraction of sp³-hybridized carbons (Fsp3) is 0.625. The molecule has 4 heteroatoms. The van der Waals surface area contributed by atoms with Crippen LogP contribution in [0.4, 0.5) is 4.39 Å². The fourth-order valence-electron chi connectivity index (χ4n) is 3.52. The number of likely N-dealkylation sites (tertiary alicyclic amines) is 1. The SMILES string of the molecule is Fc1ccc(CN2CCC(C3CCCN3)CC2)cc1Cl. The number of benzene rings is 1. The number of nitrogens with zero attached hydrogens (tertiary/aromatic N) is 1. The summed E-state index contributed by atoms with van der Waals surface area (Å²) in [6, 6.07) is 5.80. The van der Waals surface area contributed by atoms with Crippen LogP contribution >= 0.6 is 11.6 Å². The quantitative estimate of drug-likeness (QED) is 0.919. The number of nitrogens with one attached hydrogen (secondary N) is 1. The molecule has 1 N–H and O–H groups in total. The fourth-order valence-corrected chi connectivity index (χ4v) is 3.73. The molecule has 2 nitrogen and oxygen atoms in total. The molecular weight excluding hydrogens is 275 g/mol. The zero-order valence-electron chi connectivity index (χ0n) is 11.7. The van der Waals surface area contributed by atoms with Gasteiger partial charge in [0.15, 0.2) is 0 Å². The third-order valence-corrected chi connectivity index (χ3v) is 4.98. The third kappa shape index (κ3) is 3.33. The predicted molar refractivity (Wildman–Crippen MR) is 80.4 cm³/mol. The zero-order chi connectivity index (χ0) is 13.9. The Kier molecular flexibility index (Phi) is 4.59. The van der Waals surface area contributed by atoms with E-state index in [2.05, 4.69) is 10.2 Å². The minimum absolute atomic E-state index is 0.229. The Morgan fingerprint density at radius 2 is 2.05 bits per heavy atom. The first kappa shape index (κ1) is 14.3. The molecule has 0 amide bonds. The van der Waals surface area contributed by atoms with Gasteiger partial charge in [-0.1, -0.05) is 17.7 Å². The van der Waals surface area contributed by atoms with E-state index in [1.165, 1.54) is 38.3 Å². The summed E-state index contributed by atoms with van der Waals surface area (Å²) in [5.74, 6) is 0.506. The van der Waals surface area contributed by atoms with Gasteiger partial charge in [-0.2, -0.15) is 0 Å². The Morgan fingerprint density at radius 3 is 2.70 bits per heavy atom. The molecule has 0 bridgehead atoms. The minimum atomic E-state index is -0.332. The van der Waals surface area contributed by atoms with E-state index < -0.39 is 0 Å². The van der Waals surface area contributed by atoms with E-state index in [1.54, 1.807) is 6.07 Å². The van der Waals surface area contributed by atoms with Gasteiger partial charge in [0.25, 0.3) is 0 Å². The second kappa shape index (κ2) is 6.42. The van der Waals surface area contributed by atoms with Gasteiger partial charge >= 0.3 is 0 Å². The number of rotatable bonds is 3. The molecule has 1 atom stereocenters. The predicted octanol–water partition coefficient (Wildman–Crippen LogP) is 3.44. The zero-order valence-corrected chi connectivity index (χ0v) is 12.5. The molecule has 1 unspecified atom stereocenters. The molecule has 0 aliphatic carbocycles. The van der Waals surface area contributed by atoms with Gasteiger partial charge in [0.2, 0.25) is 0 Å². The topological polar surface area (TPSA) is 15.3 Å². The van der Waals surface area contributed by atoms with E-state index in [1.807, 2.05) is 6.07 Å². The van der Waals surface area contributed by atoms with Crippen LogP contribution in [-0.2, 0) is 6.54 Å². The molecule has 20 heavy (non-hydrogen) atoms. The maximum atomic E-state index is 13.1. The highest BCUT2D eigenvalue weighted by molar-refractivity contribution is 6.30. The molecule has 0 saturated carbocycles. The van der Waals surface area contributed by atoms with E-state index in [9.17, 15) is 4.39 Å². The Balaban J connectivity index is 1.51. The van der Waals surface area contributed by atoms with E-state index in [-0.39, 0.29) is 10.8 Å². The van der Waals surface area contributed by atoms with Crippen molar-refractivity contribution < 1.29 is 4.39 Å². The van der Waals surface area contributed by atoms with Crippen LogP contribution in [0, 0.1) is 11.7 Å². The lowest BCUT2D eigenvalue weighted by Gasteiger charge is -2.35. The van der Waals surface area contributed by atoms with Crippen molar-refractivity contribution in [2.45, 2.75) is 38.3 Å². The molecule has 3 rings (SSSR count). The van der Waals surface area contributed by atoms with Gasteiger partial charge in [-0.15, -0.1) is 0 Å². The van der Waals surface area contributed by atoms with Crippen LogP contribution in [0.2, 0.25) is 5.02 Å². The van der Waals surface area contributed by atoms with E-state index in [4.69, 9.17) is 11.6 Å². The summed E-state index contributed by atoms with van der Waals surface area (Å²) in [5, 5.41) is 3.86. The Morgan fingerprint density at radius 1 is 1.25 bits per heavy atom. The summed E-state index contributed by atoms with van der Waals surface area (Å²) in [6.45, 7) is 4.35. The van der Waals surface area contributed by atoms with Crippen molar-refractivity contribution in [1.29, 1.82) is 0 Å². The van der Waals surface area contributed by atoms with Crippen molar-refractivity contribution in [1.82, 2.24) is 10.2 Å². The molecule has 2 aliphatic rings. The highest BCUT2D eigenvalue weighted by atomic mass is 35.5. The van der Waals surface area contributed by atoms with Crippen molar-refractivity contribution in [2.24, 2.45) is 5.92 Å². The number of hydrogen-bond acceptors (Lipinski definition) is 2. The third-order valence-electron chi connectivity index (χ3n) is 4.69. The lowest BCUT2D eigenvalue weighted by atomic mass is 9.88. The summed E-state index contributed by atoms with van der Waals surface area (Å²) in [4.78, 5) is 2.45. The van der Waals surface area contributed by atoms with Gasteiger partial charge in [-0.05, 0) is 68.9 Å².